The minimum atomic E-state index is -0.629. The molecule has 0 spiro atoms. The molecule has 0 aliphatic heterocycles. The van der Waals surface area contributed by atoms with Crippen LogP contribution in [-0.4, -0.2) is 11.7 Å². The number of nitrogens with two attached hydrogens (primary N) is 1. The predicted octanol–water partition coefficient (Wildman–Crippen LogP) is 0.338. The van der Waals surface area contributed by atoms with E-state index in [9.17, 15) is 9.59 Å². The summed E-state index contributed by atoms with van der Waals surface area (Å²) >= 11 is 0. The van der Waals surface area contributed by atoms with Crippen LogP contribution in [0.4, 0.5) is 0 Å². The van der Waals surface area contributed by atoms with Gasteiger partial charge >= 0.3 is 0 Å². The second kappa shape index (κ2) is 3.01. The molecule has 4 heteroatoms. The van der Waals surface area contributed by atoms with Gasteiger partial charge in [-0.15, -0.1) is 0 Å². The van der Waals surface area contributed by atoms with Crippen molar-refractivity contribution in [1.29, 1.82) is 0 Å². The Morgan fingerprint density at radius 2 is 2.27 bits per heavy atom. The van der Waals surface area contributed by atoms with Gasteiger partial charge in [-0.3, -0.25) is 9.59 Å². The van der Waals surface area contributed by atoms with Gasteiger partial charge in [0.05, 0.1) is 18.2 Å². The second-order valence-electron chi connectivity index (χ2n) is 2.08. The predicted molar refractivity (Wildman–Crippen MR) is 36.8 cm³/mol. The Bertz CT molecular complexity index is 263. The summed E-state index contributed by atoms with van der Waals surface area (Å²) in [6, 6.07) is 1.49. The molecule has 2 N–H and O–H groups in total. The number of carbonyl (C=O) groups excluding carboxylic acids is 2. The number of hydrogen-bond acceptors (Lipinski definition) is 3. The zero-order valence-electron chi connectivity index (χ0n) is 5.74. The summed E-state index contributed by atoms with van der Waals surface area (Å²) in [5.41, 5.74) is 5.19. The standard InChI is InChI=1S/C7H7NO3/c8-7(10)3-6(9)5-1-2-11-4-5/h1-2,4H,3H2,(H2,8,10). The molecule has 0 aliphatic carbocycles. The molecule has 11 heavy (non-hydrogen) atoms. The molecule has 0 unspecified atom stereocenters. The molecule has 0 saturated carbocycles. The summed E-state index contributed by atoms with van der Waals surface area (Å²) in [6.45, 7) is 0. The first kappa shape index (κ1) is 7.53. The highest BCUT2D eigenvalue weighted by atomic mass is 16.3. The van der Waals surface area contributed by atoms with Gasteiger partial charge in [0.25, 0.3) is 0 Å². The largest absolute Gasteiger partial charge is 0.472 e. The first-order valence-electron chi connectivity index (χ1n) is 3.04. The quantitative estimate of drug-likeness (QED) is 0.502. The highest BCUT2D eigenvalue weighted by Gasteiger charge is 2.09. The number of carbonyl (C=O) groups is 2. The monoisotopic (exact) mass is 153 g/mol. The van der Waals surface area contributed by atoms with Crippen molar-refractivity contribution in [2.45, 2.75) is 6.42 Å². The summed E-state index contributed by atoms with van der Waals surface area (Å²) < 4.78 is 4.64. The van der Waals surface area contributed by atoms with Crippen LogP contribution in [0.3, 0.4) is 0 Å². The van der Waals surface area contributed by atoms with Gasteiger partial charge in [0.15, 0.2) is 5.78 Å². The minimum absolute atomic E-state index is 0.264. The number of primary amides is 1. The lowest BCUT2D eigenvalue weighted by molar-refractivity contribution is -0.117. The lowest BCUT2D eigenvalue weighted by Gasteiger charge is -1.89. The number of hydrogen-bond donors (Lipinski definition) is 1. The van der Waals surface area contributed by atoms with Crippen LogP contribution in [0.25, 0.3) is 0 Å². The molecule has 1 amide bonds. The molecule has 0 aliphatic rings. The number of rotatable bonds is 3. The average molecular weight is 153 g/mol. The van der Waals surface area contributed by atoms with E-state index >= 15 is 0 Å². The first-order chi connectivity index (χ1) is 5.20. The van der Waals surface area contributed by atoms with Crippen molar-refractivity contribution in [2.75, 3.05) is 0 Å². The second-order valence-corrected chi connectivity index (χ2v) is 2.08. The molecule has 0 radical (unpaired) electrons. The zero-order valence-corrected chi connectivity index (χ0v) is 5.74. The van der Waals surface area contributed by atoms with E-state index in [1.54, 1.807) is 0 Å². The Hall–Kier alpha value is -1.58. The van der Waals surface area contributed by atoms with Gasteiger partial charge in [-0.05, 0) is 6.07 Å². The Morgan fingerprint density at radius 3 is 2.73 bits per heavy atom. The van der Waals surface area contributed by atoms with Crippen molar-refractivity contribution < 1.29 is 14.0 Å². The molecule has 1 aromatic rings. The van der Waals surface area contributed by atoms with Gasteiger partial charge in [-0.1, -0.05) is 0 Å². The van der Waals surface area contributed by atoms with E-state index in [1.807, 2.05) is 0 Å². The van der Waals surface area contributed by atoms with Gasteiger partial charge in [-0.2, -0.15) is 0 Å². The normalized spacial score (nSPS) is 9.45. The molecule has 0 aromatic carbocycles. The third-order valence-corrected chi connectivity index (χ3v) is 1.18. The lowest BCUT2D eigenvalue weighted by atomic mass is 10.1. The Labute approximate surface area is 63.0 Å². The van der Waals surface area contributed by atoms with Crippen LogP contribution >= 0.6 is 0 Å². The molecule has 1 aromatic heterocycles. The zero-order chi connectivity index (χ0) is 8.27. The molecular weight excluding hydrogens is 146 g/mol. The molecule has 0 fully saturated rings. The lowest BCUT2D eigenvalue weighted by Crippen LogP contribution is -2.15. The number of amides is 1. The van der Waals surface area contributed by atoms with Gasteiger partial charge in [0.1, 0.15) is 6.26 Å². The van der Waals surface area contributed by atoms with Crippen molar-refractivity contribution in [3.63, 3.8) is 0 Å². The SMILES string of the molecule is NC(=O)CC(=O)c1ccoc1. The van der Waals surface area contributed by atoms with Crippen LogP contribution in [0.5, 0.6) is 0 Å². The van der Waals surface area contributed by atoms with Crippen LogP contribution in [0.1, 0.15) is 16.8 Å². The Kier molecular flexibility index (Phi) is 2.06. The minimum Gasteiger partial charge on any atom is -0.472 e. The molecule has 58 valence electrons. The Balaban J connectivity index is 2.64. The third-order valence-electron chi connectivity index (χ3n) is 1.18. The van der Waals surface area contributed by atoms with Crippen molar-refractivity contribution in [3.05, 3.63) is 24.2 Å². The summed E-state index contributed by atoms with van der Waals surface area (Å²) in [5, 5.41) is 0. The third kappa shape index (κ3) is 1.93. The maximum atomic E-state index is 11.0. The van der Waals surface area contributed by atoms with E-state index in [0.29, 0.717) is 5.56 Å². The first-order valence-corrected chi connectivity index (χ1v) is 3.04. The maximum absolute atomic E-state index is 11.0. The maximum Gasteiger partial charge on any atom is 0.225 e. The molecule has 1 heterocycles. The fourth-order valence-corrected chi connectivity index (χ4v) is 0.683. The average Bonchev–Trinajstić information content (AvgIpc) is 2.35. The van der Waals surface area contributed by atoms with Gasteiger partial charge in [0, 0.05) is 0 Å². The number of ketones is 1. The van der Waals surface area contributed by atoms with Crippen molar-refractivity contribution in [3.8, 4) is 0 Å². The highest BCUT2D eigenvalue weighted by Crippen LogP contribution is 2.02. The fourth-order valence-electron chi connectivity index (χ4n) is 0.683. The van der Waals surface area contributed by atoms with E-state index in [0.717, 1.165) is 0 Å². The molecule has 0 bridgehead atoms. The summed E-state index contributed by atoms with van der Waals surface area (Å²) in [6.07, 6.45) is 2.39. The van der Waals surface area contributed by atoms with Crippen LogP contribution < -0.4 is 5.73 Å². The summed E-state index contributed by atoms with van der Waals surface area (Å²) in [4.78, 5) is 21.2. The van der Waals surface area contributed by atoms with E-state index in [-0.39, 0.29) is 12.2 Å². The van der Waals surface area contributed by atoms with Crippen LogP contribution in [0, 0.1) is 0 Å². The van der Waals surface area contributed by atoms with E-state index in [4.69, 9.17) is 5.73 Å². The smallest absolute Gasteiger partial charge is 0.225 e. The van der Waals surface area contributed by atoms with Crippen molar-refractivity contribution in [2.24, 2.45) is 5.73 Å². The van der Waals surface area contributed by atoms with Crippen LogP contribution in [-0.2, 0) is 4.79 Å². The summed E-state index contributed by atoms with van der Waals surface area (Å²) in [5.74, 6) is -0.942. The van der Waals surface area contributed by atoms with Gasteiger partial charge < -0.3 is 10.2 Å². The highest BCUT2D eigenvalue weighted by molar-refractivity contribution is 6.06. The number of furan rings is 1. The van der Waals surface area contributed by atoms with Gasteiger partial charge in [-0.25, -0.2) is 0 Å². The summed E-state index contributed by atoms with van der Waals surface area (Å²) in [7, 11) is 0. The van der Waals surface area contributed by atoms with Crippen LogP contribution in [0.2, 0.25) is 0 Å². The van der Waals surface area contributed by atoms with Gasteiger partial charge in [0.2, 0.25) is 5.91 Å². The molecule has 0 atom stereocenters. The van der Waals surface area contributed by atoms with Crippen molar-refractivity contribution >= 4 is 11.7 Å². The molecule has 0 saturated heterocycles. The van der Waals surface area contributed by atoms with Crippen molar-refractivity contribution in [1.82, 2.24) is 0 Å². The number of Topliss-reactive ketones (excluding diaryl/α,β-unsaturated/α-hetero) is 1. The van der Waals surface area contributed by atoms with E-state index in [1.165, 1.54) is 18.6 Å². The van der Waals surface area contributed by atoms with E-state index < -0.39 is 5.91 Å². The molecule has 4 nitrogen and oxygen atoms in total. The Morgan fingerprint density at radius 1 is 1.55 bits per heavy atom. The topological polar surface area (TPSA) is 73.3 Å². The van der Waals surface area contributed by atoms with E-state index in [2.05, 4.69) is 4.42 Å². The molecular formula is C7H7NO3. The van der Waals surface area contributed by atoms with Crippen LogP contribution in [0.15, 0.2) is 23.0 Å². The fraction of sp³-hybridized carbons (Fsp3) is 0.143. The molecule has 1 rings (SSSR count).